The van der Waals surface area contributed by atoms with Crippen molar-refractivity contribution in [3.63, 3.8) is 0 Å². The summed E-state index contributed by atoms with van der Waals surface area (Å²) in [7, 11) is 3.20. The van der Waals surface area contributed by atoms with Gasteiger partial charge in [0.1, 0.15) is 5.60 Å². The third-order valence-corrected chi connectivity index (χ3v) is 2.55. The third-order valence-electron chi connectivity index (χ3n) is 2.55. The second-order valence-electron chi connectivity index (χ2n) is 4.76. The van der Waals surface area contributed by atoms with Gasteiger partial charge in [0.15, 0.2) is 0 Å². The number of rotatable bonds is 5. The molecule has 0 saturated carbocycles. The summed E-state index contributed by atoms with van der Waals surface area (Å²) in [6.07, 6.45) is 0.610. The number of hydrogen-bond donors (Lipinski definition) is 1. The Labute approximate surface area is 92.2 Å². The van der Waals surface area contributed by atoms with Gasteiger partial charge in [-0.25, -0.2) is 0 Å². The van der Waals surface area contributed by atoms with Crippen molar-refractivity contribution in [2.24, 2.45) is 0 Å². The van der Waals surface area contributed by atoms with Gasteiger partial charge in [-0.15, -0.1) is 0 Å². The van der Waals surface area contributed by atoms with Crippen molar-refractivity contribution in [3.8, 4) is 0 Å². The smallest absolute Gasteiger partial charge is 0.254 e. The zero-order chi connectivity index (χ0) is 12.3. The molecule has 0 aliphatic carbocycles. The van der Waals surface area contributed by atoms with Crippen molar-refractivity contribution in [1.82, 2.24) is 4.90 Å². The maximum absolute atomic E-state index is 12.0. The summed E-state index contributed by atoms with van der Waals surface area (Å²) in [5.41, 5.74) is -1.67. The summed E-state index contributed by atoms with van der Waals surface area (Å²) < 4.78 is 5.21. The van der Waals surface area contributed by atoms with E-state index in [0.29, 0.717) is 13.0 Å². The Balaban J connectivity index is 4.57. The van der Waals surface area contributed by atoms with Gasteiger partial charge in [0, 0.05) is 20.7 Å². The molecule has 1 unspecified atom stereocenters. The molecule has 4 nitrogen and oxygen atoms in total. The summed E-state index contributed by atoms with van der Waals surface area (Å²) in [6, 6.07) is 0. The largest absolute Gasteiger partial charge is 0.389 e. The SMILES string of the molecule is CCC(C)(OC)C(=O)N(C)CC(C)(C)O. The van der Waals surface area contributed by atoms with E-state index in [2.05, 4.69) is 0 Å². The molecular formula is C11H23NO3. The number of hydrogen-bond acceptors (Lipinski definition) is 3. The van der Waals surface area contributed by atoms with E-state index in [4.69, 9.17) is 4.74 Å². The lowest BCUT2D eigenvalue weighted by molar-refractivity contribution is -0.154. The maximum Gasteiger partial charge on any atom is 0.254 e. The van der Waals surface area contributed by atoms with Crippen molar-refractivity contribution in [2.75, 3.05) is 20.7 Å². The summed E-state index contributed by atoms with van der Waals surface area (Å²) in [4.78, 5) is 13.5. The molecule has 0 saturated heterocycles. The molecule has 0 aromatic rings. The van der Waals surface area contributed by atoms with Crippen LogP contribution < -0.4 is 0 Å². The predicted octanol–water partition coefficient (Wildman–Crippen LogP) is 1.03. The minimum Gasteiger partial charge on any atom is -0.389 e. The van der Waals surface area contributed by atoms with Gasteiger partial charge < -0.3 is 14.7 Å². The first kappa shape index (κ1) is 14.4. The summed E-state index contributed by atoms with van der Waals surface area (Å²) in [5.74, 6) is -0.102. The number of carbonyl (C=O) groups excluding carboxylic acids is 1. The fourth-order valence-corrected chi connectivity index (χ4v) is 1.44. The molecule has 0 spiro atoms. The molecule has 15 heavy (non-hydrogen) atoms. The molecule has 1 N–H and O–H groups in total. The number of aliphatic hydroxyl groups is 1. The molecule has 0 radical (unpaired) electrons. The normalized spacial score (nSPS) is 15.9. The van der Waals surface area contributed by atoms with E-state index in [1.165, 1.54) is 12.0 Å². The van der Waals surface area contributed by atoms with Gasteiger partial charge in [-0.05, 0) is 27.2 Å². The first-order valence-electron chi connectivity index (χ1n) is 5.19. The summed E-state index contributed by atoms with van der Waals surface area (Å²) in [5, 5.41) is 9.61. The first-order valence-corrected chi connectivity index (χ1v) is 5.19. The average molecular weight is 217 g/mol. The molecule has 0 bridgehead atoms. The summed E-state index contributed by atoms with van der Waals surface area (Å²) in [6.45, 7) is 7.31. The van der Waals surface area contributed by atoms with Gasteiger partial charge >= 0.3 is 0 Å². The molecule has 0 aromatic heterocycles. The third kappa shape index (κ3) is 4.18. The van der Waals surface area contributed by atoms with Crippen molar-refractivity contribution < 1.29 is 14.6 Å². The van der Waals surface area contributed by atoms with Crippen LogP contribution in [0.15, 0.2) is 0 Å². The van der Waals surface area contributed by atoms with Gasteiger partial charge in [0.25, 0.3) is 5.91 Å². The monoisotopic (exact) mass is 217 g/mol. The molecule has 0 aliphatic heterocycles. The number of amides is 1. The van der Waals surface area contributed by atoms with E-state index >= 15 is 0 Å². The van der Waals surface area contributed by atoms with Crippen LogP contribution in [-0.4, -0.2) is 47.8 Å². The number of carbonyl (C=O) groups is 1. The standard InChI is InChI=1S/C11H23NO3/c1-7-11(4,15-6)9(13)12(5)8-10(2,3)14/h14H,7-8H2,1-6H3. The molecule has 0 fully saturated rings. The van der Waals surface area contributed by atoms with Crippen LogP contribution in [-0.2, 0) is 9.53 Å². The Morgan fingerprint density at radius 1 is 1.40 bits per heavy atom. The first-order chi connectivity index (χ1) is 6.66. The number of nitrogens with zero attached hydrogens (tertiary/aromatic N) is 1. The Morgan fingerprint density at radius 2 is 1.87 bits per heavy atom. The lowest BCUT2D eigenvalue weighted by atomic mass is 10.0. The van der Waals surface area contributed by atoms with Gasteiger partial charge in [-0.3, -0.25) is 4.79 Å². The highest BCUT2D eigenvalue weighted by Crippen LogP contribution is 2.18. The molecule has 0 heterocycles. The number of likely N-dealkylation sites (N-methyl/N-ethyl adjacent to an activating group) is 1. The van der Waals surface area contributed by atoms with Crippen molar-refractivity contribution in [3.05, 3.63) is 0 Å². The van der Waals surface area contributed by atoms with Gasteiger partial charge in [-0.2, -0.15) is 0 Å². The average Bonchev–Trinajstić information content (AvgIpc) is 2.12. The minimum atomic E-state index is -0.882. The molecule has 90 valence electrons. The molecular weight excluding hydrogens is 194 g/mol. The van der Waals surface area contributed by atoms with Crippen LogP contribution in [0.1, 0.15) is 34.1 Å². The highest BCUT2D eigenvalue weighted by Gasteiger charge is 2.35. The topological polar surface area (TPSA) is 49.8 Å². The Hall–Kier alpha value is -0.610. The van der Waals surface area contributed by atoms with Gasteiger partial charge in [0.2, 0.25) is 0 Å². The fraction of sp³-hybridized carbons (Fsp3) is 0.909. The van der Waals surface area contributed by atoms with E-state index in [-0.39, 0.29) is 5.91 Å². The molecule has 0 rings (SSSR count). The van der Waals surface area contributed by atoms with E-state index < -0.39 is 11.2 Å². The van der Waals surface area contributed by atoms with Crippen LogP contribution in [0.3, 0.4) is 0 Å². The van der Waals surface area contributed by atoms with Gasteiger partial charge in [0.05, 0.1) is 5.60 Å². The Bertz CT molecular complexity index is 216. The van der Waals surface area contributed by atoms with Crippen LogP contribution in [0, 0.1) is 0 Å². The second kappa shape index (κ2) is 4.94. The van der Waals surface area contributed by atoms with Crippen LogP contribution in [0.25, 0.3) is 0 Å². The van der Waals surface area contributed by atoms with Crippen molar-refractivity contribution >= 4 is 5.91 Å². The number of methoxy groups -OCH3 is 1. The molecule has 4 heteroatoms. The van der Waals surface area contributed by atoms with E-state index in [0.717, 1.165) is 0 Å². The van der Waals surface area contributed by atoms with Gasteiger partial charge in [-0.1, -0.05) is 6.92 Å². The molecule has 1 atom stereocenters. The summed E-state index contributed by atoms with van der Waals surface area (Å²) >= 11 is 0. The minimum absolute atomic E-state index is 0.102. The Morgan fingerprint density at radius 3 is 2.13 bits per heavy atom. The van der Waals surface area contributed by atoms with Crippen LogP contribution in [0.4, 0.5) is 0 Å². The lowest BCUT2D eigenvalue weighted by Crippen LogP contribution is -2.50. The molecule has 1 amide bonds. The van der Waals surface area contributed by atoms with Crippen LogP contribution in [0.5, 0.6) is 0 Å². The van der Waals surface area contributed by atoms with Crippen LogP contribution >= 0.6 is 0 Å². The molecule has 0 aliphatic rings. The zero-order valence-electron chi connectivity index (χ0n) is 10.6. The predicted molar refractivity (Wildman–Crippen MR) is 59.6 cm³/mol. The Kier molecular flexibility index (Phi) is 4.74. The highest BCUT2D eigenvalue weighted by atomic mass is 16.5. The lowest BCUT2D eigenvalue weighted by Gasteiger charge is -2.33. The van der Waals surface area contributed by atoms with E-state index in [9.17, 15) is 9.90 Å². The zero-order valence-corrected chi connectivity index (χ0v) is 10.6. The van der Waals surface area contributed by atoms with Crippen molar-refractivity contribution in [1.29, 1.82) is 0 Å². The maximum atomic E-state index is 12.0. The quantitative estimate of drug-likeness (QED) is 0.748. The van der Waals surface area contributed by atoms with E-state index in [1.807, 2.05) is 6.92 Å². The van der Waals surface area contributed by atoms with Crippen LogP contribution in [0.2, 0.25) is 0 Å². The number of ether oxygens (including phenoxy) is 1. The second-order valence-corrected chi connectivity index (χ2v) is 4.76. The molecule has 0 aromatic carbocycles. The fourth-order valence-electron chi connectivity index (χ4n) is 1.44. The van der Waals surface area contributed by atoms with Crippen molar-refractivity contribution in [2.45, 2.75) is 45.3 Å². The highest BCUT2D eigenvalue weighted by molar-refractivity contribution is 5.84. The van der Waals surface area contributed by atoms with E-state index in [1.54, 1.807) is 27.8 Å².